The molecule has 8 heteroatoms. The van der Waals surface area contributed by atoms with Crippen molar-refractivity contribution in [1.29, 1.82) is 0 Å². The van der Waals surface area contributed by atoms with Crippen LogP contribution in [-0.2, 0) is 10.0 Å². The molecule has 2 aromatic rings. The molecule has 2 aromatic carbocycles. The molecule has 0 aliphatic carbocycles. The molecule has 1 aliphatic heterocycles. The molecule has 0 spiro atoms. The average molecular weight is 411 g/mol. The molecule has 0 bridgehead atoms. The molecule has 0 amide bonds. The summed E-state index contributed by atoms with van der Waals surface area (Å²) in [4.78, 5) is 13.4. The van der Waals surface area contributed by atoms with Gasteiger partial charge in [0.1, 0.15) is 5.82 Å². The van der Waals surface area contributed by atoms with Gasteiger partial charge in [0.2, 0.25) is 10.0 Å². The fourth-order valence-electron chi connectivity index (χ4n) is 3.19. The number of nitrogens with zero attached hydrogens (tertiary/aromatic N) is 2. The Hall–Kier alpha value is -1.96. The lowest BCUT2D eigenvalue weighted by Gasteiger charge is -2.35. The molecule has 1 aliphatic rings. The van der Waals surface area contributed by atoms with E-state index in [4.69, 9.17) is 11.6 Å². The first kappa shape index (κ1) is 19.8. The quantitative estimate of drug-likeness (QED) is 0.724. The number of ketones is 1. The second-order valence-corrected chi connectivity index (χ2v) is 8.87. The molecule has 0 atom stereocenters. The van der Waals surface area contributed by atoms with Crippen molar-refractivity contribution >= 4 is 33.1 Å². The lowest BCUT2D eigenvalue weighted by molar-refractivity contribution is 0.101. The van der Waals surface area contributed by atoms with Crippen LogP contribution in [-0.4, -0.2) is 44.7 Å². The van der Waals surface area contributed by atoms with Crippen LogP contribution in [0.5, 0.6) is 0 Å². The number of Topliss-reactive ketones (excluding diaryl/α,β-unsaturated/α-hetero) is 1. The lowest BCUT2D eigenvalue weighted by Crippen LogP contribution is -2.49. The summed E-state index contributed by atoms with van der Waals surface area (Å²) in [6.45, 7) is 4.32. The van der Waals surface area contributed by atoms with Gasteiger partial charge < -0.3 is 4.90 Å². The highest BCUT2D eigenvalue weighted by molar-refractivity contribution is 7.89. The van der Waals surface area contributed by atoms with Crippen LogP contribution in [0.3, 0.4) is 0 Å². The SMILES string of the molecule is CC(=O)c1ccc(N2CCN(S(=O)(=O)c3ccc(Cl)cc3C)CC2)c(F)c1. The van der Waals surface area contributed by atoms with Crippen molar-refractivity contribution in [3.05, 3.63) is 58.4 Å². The topological polar surface area (TPSA) is 57.7 Å². The van der Waals surface area contributed by atoms with Crippen molar-refractivity contribution < 1.29 is 17.6 Å². The van der Waals surface area contributed by atoms with Crippen LogP contribution in [0.2, 0.25) is 5.02 Å². The Kier molecular flexibility index (Phi) is 5.55. The molecule has 144 valence electrons. The van der Waals surface area contributed by atoms with Gasteiger partial charge in [0.15, 0.2) is 5.78 Å². The van der Waals surface area contributed by atoms with Gasteiger partial charge in [-0.1, -0.05) is 11.6 Å². The normalized spacial score (nSPS) is 15.8. The summed E-state index contributed by atoms with van der Waals surface area (Å²) in [5, 5.41) is 0.487. The zero-order valence-corrected chi connectivity index (χ0v) is 16.6. The third kappa shape index (κ3) is 4.00. The maximum Gasteiger partial charge on any atom is 0.243 e. The monoisotopic (exact) mass is 410 g/mol. The third-order valence-corrected chi connectivity index (χ3v) is 6.98. The molecular formula is C19H20ClFN2O3S. The van der Waals surface area contributed by atoms with Crippen LogP contribution in [0, 0.1) is 12.7 Å². The number of benzene rings is 2. The fraction of sp³-hybridized carbons (Fsp3) is 0.316. The highest BCUT2D eigenvalue weighted by Crippen LogP contribution is 2.26. The van der Waals surface area contributed by atoms with Crippen molar-refractivity contribution in [3.8, 4) is 0 Å². The molecule has 1 fully saturated rings. The molecule has 3 rings (SSSR count). The smallest absolute Gasteiger partial charge is 0.243 e. The number of carbonyl (C=O) groups is 1. The van der Waals surface area contributed by atoms with Crippen molar-refractivity contribution in [3.63, 3.8) is 0 Å². The van der Waals surface area contributed by atoms with E-state index in [2.05, 4.69) is 0 Å². The predicted octanol–water partition coefficient (Wildman–Crippen LogP) is 3.50. The van der Waals surface area contributed by atoms with Crippen molar-refractivity contribution in [2.45, 2.75) is 18.7 Å². The van der Waals surface area contributed by atoms with Crippen molar-refractivity contribution in [2.24, 2.45) is 0 Å². The number of anilines is 1. The van der Waals surface area contributed by atoms with Gasteiger partial charge in [-0.05, 0) is 55.8 Å². The second kappa shape index (κ2) is 7.58. The Labute approximate surface area is 163 Å². The summed E-state index contributed by atoms with van der Waals surface area (Å²) in [7, 11) is -3.63. The minimum atomic E-state index is -3.63. The van der Waals surface area contributed by atoms with Gasteiger partial charge in [-0.3, -0.25) is 4.79 Å². The summed E-state index contributed by atoms with van der Waals surface area (Å²) in [5.41, 5.74) is 1.28. The molecule has 0 radical (unpaired) electrons. The van der Waals surface area contributed by atoms with E-state index >= 15 is 0 Å². The first-order chi connectivity index (χ1) is 12.7. The fourth-order valence-corrected chi connectivity index (χ4v) is 5.05. The molecule has 0 saturated carbocycles. The van der Waals surface area contributed by atoms with Gasteiger partial charge in [0, 0.05) is 36.8 Å². The molecule has 0 aromatic heterocycles. The zero-order valence-electron chi connectivity index (χ0n) is 15.1. The number of rotatable bonds is 4. The van der Waals surface area contributed by atoms with E-state index in [0.29, 0.717) is 34.9 Å². The lowest BCUT2D eigenvalue weighted by atomic mass is 10.1. The molecule has 1 heterocycles. The Morgan fingerprint density at radius 2 is 1.74 bits per heavy atom. The number of carbonyl (C=O) groups excluding carboxylic acids is 1. The molecule has 0 N–H and O–H groups in total. The van der Waals surface area contributed by atoms with Crippen LogP contribution >= 0.6 is 11.6 Å². The number of aryl methyl sites for hydroxylation is 1. The summed E-state index contributed by atoms with van der Waals surface area (Å²) < 4.78 is 41.6. The number of halogens is 2. The van der Waals surface area contributed by atoms with E-state index in [-0.39, 0.29) is 23.8 Å². The van der Waals surface area contributed by atoms with E-state index in [1.165, 1.54) is 23.4 Å². The highest BCUT2D eigenvalue weighted by atomic mass is 35.5. The number of hydrogen-bond donors (Lipinski definition) is 0. The number of hydrogen-bond acceptors (Lipinski definition) is 4. The summed E-state index contributed by atoms with van der Waals surface area (Å²) in [6, 6.07) is 9.07. The number of piperazine rings is 1. The van der Waals surface area contributed by atoms with E-state index in [0.717, 1.165) is 0 Å². The van der Waals surface area contributed by atoms with Crippen LogP contribution in [0.4, 0.5) is 10.1 Å². The van der Waals surface area contributed by atoms with Gasteiger partial charge in [0.05, 0.1) is 10.6 Å². The maximum absolute atomic E-state index is 14.3. The van der Waals surface area contributed by atoms with Crippen LogP contribution in [0.15, 0.2) is 41.3 Å². The van der Waals surface area contributed by atoms with E-state index in [1.807, 2.05) is 0 Å². The van der Waals surface area contributed by atoms with E-state index in [9.17, 15) is 17.6 Å². The summed E-state index contributed by atoms with van der Waals surface area (Å²) in [6.07, 6.45) is 0. The van der Waals surface area contributed by atoms with Gasteiger partial charge in [-0.2, -0.15) is 4.31 Å². The summed E-state index contributed by atoms with van der Waals surface area (Å²) in [5.74, 6) is -0.678. The minimum Gasteiger partial charge on any atom is -0.367 e. The Balaban J connectivity index is 1.76. The van der Waals surface area contributed by atoms with Gasteiger partial charge in [0.25, 0.3) is 0 Å². The van der Waals surface area contributed by atoms with Crippen molar-refractivity contribution in [1.82, 2.24) is 4.31 Å². The molecule has 1 saturated heterocycles. The highest BCUT2D eigenvalue weighted by Gasteiger charge is 2.30. The minimum absolute atomic E-state index is 0.199. The second-order valence-electron chi connectivity index (χ2n) is 6.52. The van der Waals surface area contributed by atoms with Crippen LogP contribution in [0.25, 0.3) is 0 Å². The molecule has 0 unspecified atom stereocenters. The van der Waals surface area contributed by atoms with E-state index in [1.54, 1.807) is 36.1 Å². The maximum atomic E-state index is 14.3. The average Bonchev–Trinajstić information content (AvgIpc) is 2.61. The first-order valence-electron chi connectivity index (χ1n) is 8.52. The Morgan fingerprint density at radius 1 is 1.07 bits per heavy atom. The third-order valence-electron chi connectivity index (χ3n) is 4.69. The van der Waals surface area contributed by atoms with Crippen LogP contribution < -0.4 is 4.90 Å². The first-order valence-corrected chi connectivity index (χ1v) is 10.3. The Morgan fingerprint density at radius 3 is 2.30 bits per heavy atom. The number of sulfonamides is 1. The zero-order chi connectivity index (χ0) is 19.8. The molecule has 5 nitrogen and oxygen atoms in total. The molecular weight excluding hydrogens is 391 g/mol. The van der Waals surface area contributed by atoms with Gasteiger partial charge >= 0.3 is 0 Å². The van der Waals surface area contributed by atoms with Gasteiger partial charge in [-0.25, -0.2) is 12.8 Å². The Bertz CT molecular complexity index is 986. The van der Waals surface area contributed by atoms with Gasteiger partial charge in [-0.15, -0.1) is 0 Å². The summed E-state index contributed by atoms with van der Waals surface area (Å²) >= 11 is 5.91. The van der Waals surface area contributed by atoms with Crippen LogP contribution in [0.1, 0.15) is 22.8 Å². The van der Waals surface area contributed by atoms with Crippen molar-refractivity contribution in [2.75, 3.05) is 31.1 Å². The van der Waals surface area contributed by atoms with E-state index < -0.39 is 15.8 Å². The standard InChI is InChI=1S/C19H20ClFN2O3S/c1-13-11-16(20)4-6-19(13)27(25,26)23-9-7-22(8-10-23)18-5-3-15(14(2)24)12-17(18)21/h3-6,11-12H,7-10H2,1-2H3. The largest absolute Gasteiger partial charge is 0.367 e. The predicted molar refractivity (Wildman–Crippen MR) is 104 cm³/mol. The molecule has 27 heavy (non-hydrogen) atoms.